The topological polar surface area (TPSA) is 76.2 Å². The number of sulfonamides is 1. The first-order valence-electron chi connectivity index (χ1n) is 12.6. The Kier molecular flexibility index (Phi) is 8.90. The maximum Gasteiger partial charge on any atom is 0.410 e. The molecule has 0 radical (unpaired) electrons. The Hall–Kier alpha value is -1.80. The van der Waals surface area contributed by atoms with Gasteiger partial charge in [-0.1, -0.05) is 25.3 Å². The minimum atomic E-state index is -3.54. The fourth-order valence-electron chi connectivity index (χ4n) is 4.99. The van der Waals surface area contributed by atoms with Crippen LogP contribution in [0.4, 0.5) is 4.79 Å². The average Bonchev–Trinajstić information content (AvgIpc) is 2.78. The summed E-state index contributed by atoms with van der Waals surface area (Å²) in [7, 11) is -2.03. The highest BCUT2D eigenvalue weighted by Crippen LogP contribution is 2.32. The summed E-state index contributed by atoms with van der Waals surface area (Å²) in [6.45, 7) is 10.3. The van der Waals surface area contributed by atoms with Gasteiger partial charge in [-0.05, 0) is 82.9 Å². The van der Waals surface area contributed by atoms with E-state index in [0.717, 1.165) is 50.8 Å². The molecule has 1 aromatic carbocycles. The van der Waals surface area contributed by atoms with Crippen molar-refractivity contribution in [3.8, 4) is 5.75 Å². The predicted molar refractivity (Wildman–Crippen MR) is 134 cm³/mol. The molecule has 34 heavy (non-hydrogen) atoms. The summed E-state index contributed by atoms with van der Waals surface area (Å²) in [5.41, 5.74) is 0.528. The van der Waals surface area contributed by atoms with E-state index in [1.165, 1.54) is 20.0 Å². The molecule has 2 fully saturated rings. The fourth-order valence-corrected chi connectivity index (χ4v) is 6.60. The van der Waals surface area contributed by atoms with Crippen LogP contribution in [-0.2, 0) is 14.8 Å². The van der Waals surface area contributed by atoms with Crippen molar-refractivity contribution in [2.45, 2.75) is 83.1 Å². The number of hydrogen-bond donors (Lipinski definition) is 0. The Morgan fingerprint density at radius 1 is 1.00 bits per heavy atom. The lowest BCUT2D eigenvalue weighted by Crippen LogP contribution is -2.41. The lowest BCUT2D eigenvalue weighted by molar-refractivity contribution is 0.0180. The van der Waals surface area contributed by atoms with Gasteiger partial charge >= 0.3 is 6.09 Å². The third-order valence-electron chi connectivity index (χ3n) is 7.00. The molecule has 3 rings (SSSR count). The van der Waals surface area contributed by atoms with Gasteiger partial charge in [-0.25, -0.2) is 13.2 Å². The monoisotopic (exact) mass is 494 g/mol. The summed E-state index contributed by atoms with van der Waals surface area (Å²) in [5.74, 6) is 1.65. The number of benzene rings is 1. The first-order chi connectivity index (χ1) is 16.0. The number of carbonyl (C=O) groups is 1. The van der Waals surface area contributed by atoms with Crippen LogP contribution in [0.25, 0.3) is 0 Å². The third-order valence-corrected chi connectivity index (χ3v) is 8.94. The maximum atomic E-state index is 13.2. The summed E-state index contributed by atoms with van der Waals surface area (Å²) < 4.78 is 38.8. The van der Waals surface area contributed by atoms with Crippen molar-refractivity contribution in [2.75, 3.05) is 33.3 Å². The highest BCUT2D eigenvalue weighted by Gasteiger charge is 2.32. The molecule has 0 unspecified atom stereocenters. The molecule has 192 valence electrons. The highest BCUT2D eigenvalue weighted by molar-refractivity contribution is 7.89. The van der Waals surface area contributed by atoms with E-state index >= 15 is 0 Å². The van der Waals surface area contributed by atoms with Crippen molar-refractivity contribution in [3.05, 3.63) is 23.8 Å². The van der Waals surface area contributed by atoms with E-state index in [-0.39, 0.29) is 11.0 Å². The first kappa shape index (κ1) is 26.8. The van der Waals surface area contributed by atoms with E-state index in [1.807, 2.05) is 38.7 Å². The zero-order valence-electron chi connectivity index (χ0n) is 21.5. The second-order valence-electron chi connectivity index (χ2n) is 10.8. The molecule has 0 aromatic heterocycles. The summed E-state index contributed by atoms with van der Waals surface area (Å²) >= 11 is 0. The van der Waals surface area contributed by atoms with Crippen molar-refractivity contribution < 1.29 is 22.7 Å². The second-order valence-corrected chi connectivity index (χ2v) is 12.7. The normalized spacial score (nSPS) is 19.3. The molecule has 0 saturated carbocycles. The molecule has 2 aliphatic rings. The van der Waals surface area contributed by atoms with Gasteiger partial charge in [-0.3, -0.25) is 0 Å². The van der Waals surface area contributed by atoms with Crippen LogP contribution in [0.1, 0.15) is 71.3 Å². The first-order valence-corrected chi connectivity index (χ1v) is 14.1. The third kappa shape index (κ3) is 7.11. The fraction of sp³-hybridized carbons (Fsp3) is 0.731. The number of nitrogens with zero attached hydrogens (tertiary/aromatic N) is 2. The minimum absolute atomic E-state index is 0.198. The number of hydrogen-bond acceptors (Lipinski definition) is 5. The number of ether oxygens (including phenoxy) is 2. The lowest BCUT2D eigenvalue weighted by atomic mass is 9.87. The second kappa shape index (κ2) is 11.3. The molecule has 0 N–H and O–H groups in total. The molecule has 0 atom stereocenters. The van der Waals surface area contributed by atoms with Crippen molar-refractivity contribution in [1.29, 1.82) is 0 Å². The predicted octanol–water partition coefficient (Wildman–Crippen LogP) is 5.22. The van der Waals surface area contributed by atoms with Gasteiger partial charge in [0.2, 0.25) is 10.0 Å². The van der Waals surface area contributed by atoms with Crippen LogP contribution < -0.4 is 4.74 Å². The molecule has 2 aliphatic heterocycles. The largest absolute Gasteiger partial charge is 0.495 e. The molecular formula is C26H42N2O5S. The van der Waals surface area contributed by atoms with Crippen molar-refractivity contribution >= 4 is 16.1 Å². The van der Waals surface area contributed by atoms with Gasteiger partial charge in [0.05, 0.1) is 7.11 Å². The maximum absolute atomic E-state index is 13.2. The molecule has 0 spiro atoms. The van der Waals surface area contributed by atoms with Crippen LogP contribution in [0.5, 0.6) is 5.75 Å². The smallest absolute Gasteiger partial charge is 0.410 e. The van der Waals surface area contributed by atoms with E-state index in [1.54, 1.807) is 16.4 Å². The lowest BCUT2D eigenvalue weighted by Gasteiger charge is -2.34. The Labute approximate surface area is 205 Å². The number of methoxy groups -OCH3 is 1. The van der Waals surface area contributed by atoms with E-state index in [4.69, 9.17) is 9.47 Å². The zero-order chi connectivity index (χ0) is 24.9. The Morgan fingerprint density at radius 3 is 2.09 bits per heavy atom. The van der Waals surface area contributed by atoms with Crippen LogP contribution in [0.3, 0.4) is 0 Å². The van der Waals surface area contributed by atoms with Crippen LogP contribution in [0.15, 0.2) is 23.1 Å². The quantitative estimate of drug-likeness (QED) is 0.519. The van der Waals surface area contributed by atoms with E-state index in [0.29, 0.717) is 30.7 Å². The van der Waals surface area contributed by atoms with Crippen molar-refractivity contribution in [3.63, 3.8) is 0 Å². The standard InChI is InChI=1S/C26H42N2O5S/c1-20-9-10-24(23(19-20)32-5)34(30,31)28-17-13-22(14-18-28)8-6-7-21-11-15-27(16-12-21)25(29)33-26(2,3)4/h9-10,19,21-22H,6-8,11-18H2,1-5H3. The molecule has 1 amide bonds. The van der Waals surface area contributed by atoms with E-state index in [9.17, 15) is 13.2 Å². The molecule has 0 bridgehead atoms. The highest BCUT2D eigenvalue weighted by atomic mass is 32.2. The zero-order valence-corrected chi connectivity index (χ0v) is 22.3. The minimum Gasteiger partial charge on any atom is -0.495 e. The van der Waals surface area contributed by atoms with Gasteiger partial charge in [-0.2, -0.15) is 4.31 Å². The number of amides is 1. The van der Waals surface area contributed by atoms with Crippen molar-refractivity contribution in [2.24, 2.45) is 11.8 Å². The molecule has 2 saturated heterocycles. The Bertz CT molecular complexity index is 925. The van der Waals surface area contributed by atoms with Crippen LogP contribution in [0.2, 0.25) is 0 Å². The van der Waals surface area contributed by atoms with Gasteiger partial charge in [0.25, 0.3) is 0 Å². The molecule has 0 aliphatic carbocycles. The van der Waals surface area contributed by atoms with Gasteiger partial charge in [0.15, 0.2) is 0 Å². The molecule has 7 nitrogen and oxygen atoms in total. The van der Waals surface area contributed by atoms with Crippen LogP contribution in [0, 0.1) is 18.8 Å². The van der Waals surface area contributed by atoms with E-state index < -0.39 is 15.6 Å². The average molecular weight is 495 g/mol. The summed E-state index contributed by atoms with van der Waals surface area (Å²) in [6.07, 6.45) is 7.18. The Balaban J connectivity index is 1.39. The van der Waals surface area contributed by atoms with Gasteiger partial charge in [0, 0.05) is 26.2 Å². The Morgan fingerprint density at radius 2 is 1.56 bits per heavy atom. The summed E-state index contributed by atoms with van der Waals surface area (Å²) in [4.78, 5) is 14.3. The van der Waals surface area contributed by atoms with Crippen molar-refractivity contribution in [1.82, 2.24) is 9.21 Å². The summed E-state index contributed by atoms with van der Waals surface area (Å²) in [6, 6.07) is 5.25. The summed E-state index contributed by atoms with van der Waals surface area (Å²) in [5, 5.41) is 0. The van der Waals surface area contributed by atoms with Crippen LogP contribution in [-0.4, -0.2) is 62.6 Å². The SMILES string of the molecule is COc1cc(C)ccc1S(=O)(=O)N1CCC(CCCC2CCN(C(=O)OC(C)(C)C)CC2)CC1. The molecule has 8 heteroatoms. The van der Waals surface area contributed by atoms with Crippen LogP contribution >= 0.6 is 0 Å². The molecule has 1 aromatic rings. The number of aryl methyl sites for hydroxylation is 1. The number of carbonyl (C=O) groups excluding carboxylic acids is 1. The van der Waals surface area contributed by atoms with Gasteiger partial charge in [0.1, 0.15) is 16.2 Å². The molecule has 2 heterocycles. The van der Waals surface area contributed by atoms with E-state index in [2.05, 4.69) is 0 Å². The number of rotatable bonds is 7. The van der Waals surface area contributed by atoms with Gasteiger partial charge in [-0.15, -0.1) is 0 Å². The molecular weight excluding hydrogens is 452 g/mol. The number of likely N-dealkylation sites (tertiary alicyclic amines) is 1. The van der Waals surface area contributed by atoms with Gasteiger partial charge < -0.3 is 14.4 Å². The number of piperidine rings is 2.